The van der Waals surface area contributed by atoms with Gasteiger partial charge in [0, 0.05) is 56.8 Å². The van der Waals surface area contributed by atoms with Crippen LogP contribution in [-0.4, -0.2) is 38.6 Å². The minimum absolute atomic E-state index is 0.0916. The van der Waals surface area contributed by atoms with Crippen LogP contribution in [0.1, 0.15) is 81.5 Å². The number of pyridine rings is 1. The molecule has 1 aliphatic carbocycles. The molecule has 8 nitrogen and oxygen atoms in total. The summed E-state index contributed by atoms with van der Waals surface area (Å²) in [5.74, 6) is 0.150. The number of hydrogen-bond acceptors (Lipinski definition) is 6. The maximum atomic E-state index is 13.6. The van der Waals surface area contributed by atoms with Gasteiger partial charge in [0.15, 0.2) is 0 Å². The molecule has 2 amide bonds. The summed E-state index contributed by atoms with van der Waals surface area (Å²) in [4.78, 5) is 46.9. The van der Waals surface area contributed by atoms with Gasteiger partial charge in [-0.2, -0.15) is 0 Å². The quantitative estimate of drug-likeness (QED) is 0.221. The Bertz CT molecular complexity index is 1650. The highest BCUT2D eigenvalue weighted by Gasteiger charge is 2.30. The molecular weight excluding hydrogens is 555 g/mol. The van der Waals surface area contributed by atoms with E-state index in [4.69, 9.17) is 0 Å². The standard InChI is InChI=1S/C31H37N5O3S2/c1-17-14-27(40-5)24(29(37)33-17)15-32-31(39)28-19(3)36(26-9-7-6-8-23(26)28)18(2)21-10-12-22(13-11-21)35-30(38)25-16-41-20(4)34-25/h6-9,14,16,18,21-22H,10-13,15H2,1-5H3,(H,32,39)(H,33,37)(H,35,38). The van der Waals surface area contributed by atoms with Gasteiger partial charge in [0.05, 0.1) is 10.6 Å². The number of aromatic amines is 1. The highest BCUT2D eigenvalue weighted by atomic mass is 32.2. The minimum Gasteiger partial charge on any atom is -0.348 e. The number of thioether (sulfide) groups is 1. The van der Waals surface area contributed by atoms with Crippen LogP contribution in [0, 0.1) is 26.7 Å². The second kappa shape index (κ2) is 12.2. The number of benzene rings is 1. The number of carbonyl (C=O) groups is 2. The van der Waals surface area contributed by atoms with Crippen molar-refractivity contribution in [2.75, 3.05) is 6.26 Å². The summed E-state index contributed by atoms with van der Waals surface area (Å²) in [6.07, 6.45) is 5.74. The number of fused-ring (bicyclic) bond motifs is 1. The fourth-order valence-corrected chi connectivity index (χ4v) is 7.48. The number of hydrogen-bond donors (Lipinski definition) is 3. The summed E-state index contributed by atoms with van der Waals surface area (Å²) in [5, 5.41) is 9.81. The first-order chi connectivity index (χ1) is 19.7. The average Bonchev–Trinajstić information content (AvgIpc) is 3.52. The molecule has 0 radical (unpaired) electrons. The highest BCUT2D eigenvalue weighted by Crippen LogP contribution is 2.38. The predicted octanol–water partition coefficient (Wildman–Crippen LogP) is 5.91. The number of rotatable bonds is 8. The molecule has 0 spiro atoms. The van der Waals surface area contributed by atoms with Crippen LogP contribution in [0.25, 0.3) is 10.9 Å². The topological polar surface area (TPSA) is 109 Å². The zero-order valence-corrected chi connectivity index (χ0v) is 25.8. The molecule has 3 N–H and O–H groups in total. The van der Waals surface area contributed by atoms with Crippen LogP contribution in [0.3, 0.4) is 0 Å². The van der Waals surface area contributed by atoms with Crippen LogP contribution in [0.15, 0.2) is 45.4 Å². The number of thiazole rings is 1. The first-order valence-corrected chi connectivity index (χ1v) is 16.2. The maximum Gasteiger partial charge on any atom is 0.270 e. The Morgan fingerprint density at radius 1 is 1.15 bits per heavy atom. The number of carbonyl (C=O) groups excluding carboxylic acids is 2. The van der Waals surface area contributed by atoms with Gasteiger partial charge in [-0.1, -0.05) is 18.2 Å². The average molecular weight is 592 g/mol. The lowest BCUT2D eigenvalue weighted by Crippen LogP contribution is -2.38. The van der Waals surface area contributed by atoms with Crippen molar-refractivity contribution in [1.29, 1.82) is 0 Å². The predicted molar refractivity (Wildman–Crippen MR) is 166 cm³/mol. The van der Waals surface area contributed by atoms with Crippen LogP contribution in [0.2, 0.25) is 0 Å². The van der Waals surface area contributed by atoms with Gasteiger partial charge in [0.2, 0.25) is 0 Å². The van der Waals surface area contributed by atoms with Gasteiger partial charge in [-0.05, 0) is 77.7 Å². The number of aryl methyl sites for hydroxylation is 2. The molecule has 4 aromatic rings. The smallest absolute Gasteiger partial charge is 0.270 e. The molecule has 3 aromatic heterocycles. The normalized spacial score (nSPS) is 17.9. The Kier molecular flexibility index (Phi) is 8.70. The molecule has 1 fully saturated rings. The number of H-pyrrole nitrogens is 1. The molecule has 1 aliphatic rings. The van der Waals surface area contributed by atoms with Gasteiger partial charge < -0.3 is 20.2 Å². The minimum atomic E-state index is -0.180. The first kappa shape index (κ1) is 29.1. The van der Waals surface area contributed by atoms with Crippen molar-refractivity contribution in [3.05, 3.63) is 79.3 Å². The lowest BCUT2D eigenvalue weighted by molar-refractivity contribution is 0.0912. The zero-order chi connectivity index (χ0) is 29.3. The summed E-state index contributed by atoms with van der Waals surface area (Å²) < 4.78 is 2.30. The van der Waals surface area contributed by atoms with E-state index >= 15 is 0 Å². The van der Waals surface area contributed by atoms with E-state index < -0.39 is 0 Å². The lowest BCUT2D eigenvalue weighted by Gasteiger charge is -2.34. The van der Waals surface area contributed by atoms with Gasteiger partial charge in [-0.3, -0.25) is 14.4 Å². The summed E-state index contributed by atoms with van der Waals surface area (Å²) in [6.45, 7) is 8.17. The molecule has 5 rings (SSSR count). The van der Waals surface area contributed by atoms with Gasteiger partial charge >= 0.3 is 0 Å². The number of amides is 2. The molecule has 0 saturated heterocycles. The molecule has 41 heavy (non-hydrogen) atoms. The van der Waals surface area contributed by atoms with Crippen molar-refractivity contribution >= 4 is 45.8 Å². The monoisotopic (exact) mass is 591 g/mol. The van der Waals surface area contributed by atoms with E-state index in [0.29, 0.717) is 22.7 Å². The second-order valence-corrected chi connectivity index (χ2v) is 12.8. The Morgan fingerprint density at radius 2 is 1.88 bits per heavy atom. The Labute approximate surface area is 248 Å². The lowest BCUT2D eigenvalue weighted by atomic mass is 9.81. The van der Waals surface area contributed by atoms with Crippen molar-refractivity contribution in [2.24, 2.45) is 5.92 Å². The van der Waals surface area contributed by atoms with Crippen LogP contribution >= 0.6 is 23.1 Å². The van der Waals surface area contributed by atoms with E-state index in [1.165, 1.54) is 23.1 Å². The van der Waals surface area contributed by atoms with Crippen LogP contribution in [0.5, 0.6) is 0 Å². The number of para-hydroxylation sites is 1. The van der Waals surface area contributed by atoms with Crippen LogP contribution in [-0.2, 0) is 6.54 Å². The highest BCUT2D eigenvalue weighted by molar-refractivity contribution is 7.98. The van der Waals surface area contributed by atoms with E-state index in [1.54, 1.807) is 0 Å². The van der Waals surface area contributed by atoms with Crippen LogP contribution in [0.4, 0.5) is 0 Å². The maximum absolute atomic E-state index is 13.6. The van der Waals surface area contributed by atoms with Crippen molar-refractivity contribution in [2.45, 2.75) is 76.9 Å². The SMILES string of the molecule is CSc1cc(C)[nH]c(=O)c1CNC(=O)c1c(C)n(C(C)C2CCC(NC(=O)c3csc(C)n3)CC2)c2ccccc12. The Morgan fingerprint density at radius 3 is 2.56 bits per heavy atom. The third kappa shape index (κ3) is 5.99. The summed E-state index contributed by atoms with van der Waals surface area (Å²) in [7, 11) is 0. The number of nitrogens with one attached hydrogen (secondary N) is 3. The summed E-state index contributed by atoms with van der Waals surface area (Å²) in [6, 6.07) is 10.3. The first-order valence-electron chi connectivity index (χ1n) is 14.1. The molecule has 3 heterocycles. The van der Waals surface area contributed by atoms with Gasteiger partial charge in [0.25, 0.3) is 17.4 Å². The van der Waals surface area contributed by atoms with Crippen molar-refractivity contribution < 1.29 is 9.59 Å². The molecule has 1 atom stereocenters. The fraction of sp³-hybridized carbons (Fsp3) is 0.419. The molecular formula is C31H37N5O3S2. The van der Waals surface area contributed by atoms with E-state index in [0.717, 1.165) is 57.9 Å². The molecule has 0 aliphatic heterocycles. The summed E-state index contributed by atoms with van der Waals surface area (Å²) in [5.41, 5.74) is 4.31. The molecule has 216 valence electrons. The fourth-order valence-electron chi connectivity index (χ4n) is 6.18. The van der Waals surface area contributed by atoms with Gasteiger partial charge in [-0.25, -0.2) is 4.98 Å². The third-order valence-corrected chi connectivity index (χ3v) is 9.88. The molecule has 1 unspecified atom stereocenters. The third-order valence-electron chi connectivity index (χ3n) is 8.31. The van der Waals surface area contributed by atoms with Crippen molar-refractivity contribution in [3.8, 4) is 0 Å². The van der Waals surface area contributed by atoms with Crippen molar-refractivity contribution in [1.82, 2.24) is 25.2 Å². The Hall–Kier alpha value is -3.37. The molecule has 10 heteroatoms. The van der Waals surface area contributed by atoms with Crippen LogP contribution < -0.4 is 16.2 Å². The van der Waals surface area contributed by atoms with E-state index in [-0.39, 0.29) is 36.0 Å². The largest absolute Gasteiger partial charge is 0.348 e. The molecule has 1 saturated carbocycles. The van der Waals surface area contributed by atoms with Crippen molar-refractivity contribution in [3.63, 3.8) is 0 Å². The Balaban J connectivity index is 1.32. The van der Waals surface area contributed by atoms with Gasteiger partial charge in [-0.15, -0.1) is 23.1 Å². The molecule has 1 aromatic carbocycles. The van der Waals surface area contributed by atoms with E-state index in [9.17, 15) is 14.4 Å². The van der Waals surface area contributed by atoms with E-state index in [1.807, 2.05) is 56.7 Å². The zero-order valence-electron chi connectivity index (χ0n) is 24.2. The second-order valence-electron chi connectivity index (χ2n) is 10.9. The number of nitrogens with zero attached hydrogens (tertiary/aromatic N) is 2. The molecule has 0 bridgehead atoms. The summed E-state index contributed by atoms with van der Waals surface area (Å²) >= 11 is 2.99. The van der Waals surface area contributed by atoms with Gasteiger partial charge in [0.1, 0.15) is 5.69 Å². The number of aromatic nitrogens is 3. The van der Waals surface area contributed by atoms with E-state index in [2.05, 4.69) is 38.2 Å².